The Hall–Kier alpha value is -6.45. The number of benzene rings is 6. The largest absolute Gasteiger partial charge is 0.256 e. The molecule has 54 heavy (non-hydrogen) atoms. The fraction of sp³-hybridized carbons (Fsp3) is 0.118. The summed E-state index contributed by atoms with van der Waals surface area (Å²) in [6, 6.07) is 60.0. The Bertz CT molecular complexity index is 2510. The van der Waals surface area contributed by atoms with Crippen LogP contribution >= 0.6 is 0 Å². The third-order valence-corrected chi connectivity index (χ3v) is 10.1. The van der Waals surface area contributed by atoms with E-state index in [1.54, 1.807) is 0 Å². The van der Waals surface area contributed by atoms with Gasteiger partial charge < -0.3 is 0 Å². The SMILES string of the molecule is CC(C)c1cccc(C(C)C)c1-c1nc(-c2cccc(-c3cccc(-c4ccccc4)c3)c2)nc(-c2ccccc2)c1-c1cccc(-c2ccccn2)c1. The van der Waals surface area contributed by atoms with Crippen molar-refractivity contribution >= 4 is 0 Å². The maximum Gasteiger partial charge on any atom is 0.160 e. The standard InChI is InChI=1S/C51H43N3/c1-34(2)44-27-16-28-45(35(3)4)48(44)50-47(42-25-15-24-41(33-42)46-29-11-12-30-52-46)49(37-19-9-6-10-20-37)53-51(54-50)43-26-14-23-40(32-43)39-22-13-21-38(31-39)36-17-7-5-8-18-36/h5-35H,1-4H3. The molecule has 0 spiro atoms. The highest BCUT2D eigenvalue weighted by Crippen LogP contribution is 2.45. The van der Waals surface area contributed by atoms with Crippen molar-refractivity contribution in [2.75, 3.05) is 0 Å². The van der Waals surface area contributed by atoms with Gasteiger partial charge in [0.2, 0.25) is 0 Å². The van der Waals surface area contributed by atoms with E-state index in [2.05, 4.69) is 185 Å². The molecule has 0 saturated carbocycles. The fourth-order valence-corrected chi connectivity index (χ4v) is 7.39. The Kier molecular flexibility index (Phi) is 9.79. The van der Waals surface area contributed by atoms with Crippen LogP contribution in [0.4, 0.5) is 0 Å². The summed E-state index contributed by atoms with van der Waals surface area (Å²) in [5.41, 5.74) is 16.3. The van der Waals surface area contributed by atoms with Crippen molar-refractivity contribution in [2.24, 2.45) is 0 Å². The first-order valence-corrected chi connectivity index (χ1v) is 18.8. The van der Waals surface area contributed by atoms with E-state index in [-0.39, 0.29) is 11.8 Å². The lowest BCUT2D eigenvalue weighted by Crippen LogP contribution is -2.06. The number of rotatable bonds is 9. The van der Waals surface area contributed by atoms with Crippen LogP contribution in [0.5, 0.6) is 0 Å². The summed E-state index contributed by atoms with van der Waals surface area (Å²) in [5, 5.41) is 0. The summed E-state index contributed by atoms with van der Waals surface area (Å²) in [4.78, 5) is 15.8. The minimum atomic E-state index is 0.283. The predicted molar refractivity (Wildman–Crippen MR) is 226 cm³/mol. The molecule has 262 valence electrons. The lowest BCUT2D eigenvalue weighted by atomic mass is 9.83. The van der Waals surface area contributed by atoms with Gasteiger partial charge in [-0.05, 0) is 81.1 Å². The normalized spacial score (nSPS) is 11.3. The fourth-order valence-electron chi connectivity index (χ4n) is 7.39. The molecule has 0 fully saturated rings. The van der Waals surface area contributed by atoms with E-state index in [1.807, 2.05) is 18.3 Å². The van der Waals surface area contributed by atoms with Crippen LogP contribution in [0.1, 0.15) is 50.7 Å². The van der Waals surface area contributed by atoms with Gasteiger partial charge >= 0.3 is 0 Å². The molecular formula is C51H43N3. The number of pyridine rings is 1. The molecule has 8 rings (SSSR count). The smallest absolute Gasteiger partial charge is 0.160 e. The number of hydrogen-bond donors (Lipinski definition) is 0. The molecule has 0 bridgehead atoms. The molecule has 3 heteroatoms. The lowest BCUT2D eigenvalue weighted by molar-refractivity contribution is 0.836. The second-order valence-electron chi connectivity index (χ2n) is 14.4. The van der Waals surface area contributed by atoms with Crippen molar-refractivity contribution in [3.05, 3.63) is 187 Å². The van der Waals surface area contributed by atoms with Crippen molar-refractivity contribution in [1.82, 2.24) is 15.0 Å². The summed E-state index contributed by atoms with van der Waals surface area (Å²) >= 11 is 0. The second-order valence-corrected chi connectivity index (χ2v) is 14.4. The van der Waals surface area contributed by atoms with Gasteiger partial charge in [0.15, 0.2) is 5.82 Å². The molecule has 0 unspecified atom stereocenters. The zero-order valence-electron chi connectivity index (χ0n) is 31.2. The van der Waals surface area contributed by atoms with E-state index < -0.39 is 0 Å². The molecule has 0 atom stereocenters. The summed E-state index contributed by atoms with van der Waals surface area (Å²) in [6.45, 7) is 9.10. The summed E-state index contributed by atoms with van der Waals surface area (Å²) < 4.78 is 0. The van der Waals surface area contributed by atoms with Crippen molar-refractivity contribution < 1.29 is 0 Å². The Morgan fingerprint density at radius 3 is 1.43 bits per heavy atom. The second kappa shape index (κ2) is 15.3. The lowest BCUT2D eigenvalue weighted by Gasteiger charge is -2.24. The van der Waals surface area contributed by atoms with Gasteiger partial charge in [-0.2, -0.15) is 0 Å². The van der Waals surface area contributed by atoms with Crippen molar-refractivity contribution in [2.45, 2.75) is 39.5 Å². The van der Waals surface area contributed by atoms with Gasteiger partial charge in [-0.25, -0.2) is 9.97 Å². The Morgan fingerprint density at radius 2 is 0.815 bits per heavy atom. The molecule has 3 nitrogen and oxygen atoms in total. The van der Waals surface area contributed by atoms with E-state index in [4.69, 9.17) is 15.0 Å². The van der Waals surface area contributed by atoms with Crippen molar-refractivity contribution in [3.8, 4) is 78.5 Å². The molecular weight excluding hydrogens is 655 g/mol. The first-order chi connectivity index (χ1) is 26.4. The van der Waals surface area contributed by atoms with Gasteiger partial charge in [0.05, 0.1) is 17.1 Å². The Labute approximate surface area is 319 Å². The molecule has 6 aromatic carbocycles. The van der Waals surface area contributed by atoms with Crippen LogP contribution in [0.15, 0.2) is 176 Å². The number of nitrogens with zero attached hydrogens (tertiary/aromatic N) is 3. The molecule has 8 aromatic rings. The minimum Gasteiger partial charge on any atom is -0.256 e. The highest BCUT2D eigenvalue weighted by Gasteiger charge is 2.25. The van der Waals surface area contributed by atoms with Crippen LogP contribution in [-0.2, 0) is 0 Å². The number of hydrogen-bond acceptors (Lipinski definition) is 3. The minimum absolute atomic E-state index is 0.283. The molecule has 0 N–H and O–H groups in total. The van der Waals surface area contributed by atoms with Gasteiger partial charge in [0, 0.05) is 34.0 Å². The highest BCUT2D eigenvalue weighted by molar-refractivity contribution is 5.95. The number of aromatic nitrogens is 3. The predicted octanol–water partition coefficient (Wildman–Crippen LogP) is 13.8. The molecule has 2 aromatic heterocycles. The molecule has 0 saturated heterocycles. The highest BCUT2D eigenvalue weighted by atomic mass is 14.9. The zero-order chi connectivity index (χ0) is 37.0. The van der Waals surface area contributed by atoms with E-state index in [1.165, 1.54) is 27.8 Å². The molecule has 0 aliphatic carbocycles. The maximum atomic E-state index is 5.64. The third-order valence-electron chi connectivity index (χ3n) is 10.1. The van der Waals surface area contributed by atoms with Gasteiger partial charge in [-0.3, -0.25) is 4.98 Å². The van der Waals surface area contributed by atoms with E-state index in [0.29, 0.717) is 5.82 Å². The zero-order valence-corrected chi connectivity index (χ0v) is 31.2. The molecule has 0 aliphatic rings. The van der Waals surface area contributed by atoms with Crippen LogP contribution in [-0.4, -0.2) is 15.0 Å². The summed E-state index contributed by atoms with van der Waals surface area (Å²) in [6.07, 6.45) is 1.85. The van der Waals surface area contributed by atoms with E-state index in [9.17, 15) is 0 Å². The summed E-state index contributed by atoms with van der Waals surface area (Å²) in [5.74, 6) is 1.26. The van der Waals surface area contributed by atoms with Gasteiger partial charge in [-0.15, -0.1) is 0 Å². The van der Waals surface area contributed by atoms with Crippen LogP contribution in [0.2, 0.25) is 0 Å². The van der Waals surface area contributed by atoms with Crippen molar-refractivity contribution in [1.29, 1.82) is 0 Å². The van der Waals surface area contributed by atoms with Gasteiger partial charge in [0.25, 0.3) is 0 Å². The van der Waals surface area contributed by atoms with Crippen molar-refractivity contribution in [3.63, 3.8) is 0 Å². The molecule has 0 amide bonds. The van der Waals surface area contributed by atoms with Crippen LogP contribution in [0.3, 0.4) is 0 Å². The van der Waals surface area contributed by atoms with E-state index >= 15 is 0 Å². The molecule has 0 aliphatic heterocycles. The first kappa shape index (κ1) is 34.6. The Morgan fingerprint density at radius 1 is 0.352 bits per heavy atom. The van der Waals surface area contributed by atoms with Crippen LogP contribution < -0.4 is 0 Å². The summed E-state index contributed by atoms with van der Waals surface area (Å²) in [7, 11) is 0. The maximum absolute atomic E-state index is 5.64. The Balaban J connectivity index is 1.41. The van der Waals surface area contributed by atoms with Crippen LogP contribution in [0, 0.1) is 0 Å². The van der Waals surface area contributed by atoms with Gasteiger partial charge in [-0.1, -0.05) is 167 Å². The average molecular weight is 698 g/mol. The van der Waals surface area contributed by atoms with Gasteiger partial charge in [0.1, 0.15) is 0 Å². The molecule has 0 radical (unpaired) electrons. The monoisotopic (exact) mass is 697 g/mol. The first-order valence-electron chi connectivity index (χ1n) is 18.8. The van der Waals surface area contributed by atoms with Crippen LogP contribution in [0.25, 0.3) is 78.5 Å². The molecule has 2 heterocycles. The quantitative estimate of drug-likeness (QED) is 0.151. The third kappa shape index (κ3) is 7.01. The average Bonchev–Trinajstić information content (AvgIpc) is 3.24. The topological polar surface area (TPSA) is 38.7 Å². The van der Waals surface area contributed by atoms with E-state index in [0.717, 1.165) is 56.0 Å².